The molecule has 0 aliphatic carbocycles. The third-order valence-electron chi connectivity index (χ3n) is 6.42. The second-order valence-electron chi connectivity index (χ2n) is 12.2. The van der Waals surface area contributed by atoms with Crippen molar-refractivity contribution in [3.8, 4) is 5.75 Å². The molecule has 9 heteroatoms. The molecule has 0 bridgehead atoms. The summed E-state index contributed by atoms with van der Waals surface area (Å²) in [6.07, 6.45) is -0.582. The summed E-state index contributed by atoms with van der Waals surface area (Å²) >= 11 is 6.44. The summed E-state index contributed by atoms with van der Waals surface area (Å²) in [7, 11) is 0. The minimum atomic E-state index is -1.15. The van der Waals surface area contributed by atoms with E-state index in [1.807, 2.05) is 64.1 Å². The van der Waals surface area contributed by atoms with E-state index in [1.165, 1.54) is 17.0 Å². The maximum absolute atomic E-state index is 14.6. The molecule has 3 aromatic rings. The zero-order chi connectivity index (χ0) is 31.2. The molecule has 42 heavy (non-hydrogen) atoms. The standard InChI is InChI=1S/C33H40ClN3O5/c1-21-12-11-15-25(34)27(21)36-29(39)28(23-16-18-24(38)19-17-23)37(32(2,3)4)30(40)26(20-22-13-9-8-10-14-22)35-31(41)42-33(5,6)7/h8-19,26,28,38H,20H2,1-7H3,(H,35,41)(H,36,39). The second kappa shape index (κ2) is 13.3. The lowest BCUT2D eigenvalue weighted by atomic mass is 9.94. The van der Waals surface area contributed by atoms with Gasteiger partial charge in [-0.05, 0) is 83.4 Å². The number of rotatable bonds is 8. The van der Waals surface area contributed by atoms with Crippen molar-refractivity contribution in [1.29, 1.82) is 0 Å². The fraction of sp³-hybridized carbons (Fsp3) is 0.364. The minimum absolute atomic E-state index is 0.0158. The van der Waals surface area contributed by atoms with Crippen LogP contribution >= 0.6 is 11.6 Å². The lowest BCUT2D eigenvalue weighted by Crippen LogP contribution is -2.58. The number of ether oxygens (including phenoxy) is 1. The summed E-state index contributed by atoms with van der Waals surface area (Å²) in [6, 6.07) is 18.5. The van der Waals surface area contributed by atoms with Gasteiger partial charge in [-0.1, -0.05) is 66.2 Å². The van der Waals surface area contributed by atoms with Crippen LogP contribution in [0, 0.1) is 6.92 Å². The van der Waals surface area contributed by atoms with Crippen LogP contribution in [0.5, 0.6) is 5.75 Å². The van der Waals surface area contributed by atoms with E-state index in [9.17, 15) is 19.5 Å². The average Bonchev–Trinajstić information content (AvgIpc) is 2.88. The Balaban J connectivity index is 2.12. The van der Waals surface area contributed by atoms with E-state index < -0.39 is 41.1 Å². The summed E-state index contributed by atoms with van der Waals surface area (Å²) in [5.74, 6) is -0.973. The fourth-order valence-corrected chi connectivity index (χ4v) is 4.84. The molecule has 2 unspecified atom stereocenters. The lowest BCUT2D eigenvalue weighted by molar-refractivity contribution is -0.146. The fourth-order valence-electron chi connectivity index (χ4n) is 4.57. The van der Waals surface area contributed by atoms with Crippen LogP contribution in [0.1, 0.15) is 64.3 Å². The molecule has 224 valence electrons. The molecule has 3 N–H and O–H groups in total. The summed E-state index contributed by atoms with van der Waals surface area (Å²) in [4.78, 5) is 43.1. The van der Waals surface area contributed by atoms with Crippen molar-refractivity contribution in [2.75, 3.05) is 5.32 Å². The highest BCUT2D eigenvalue weighted by molar-refractivity contribution is 6.34. The number of phenols is 1. The maximum Gasteiger partial charge on any atom is 0.408 e. The van der Waals surface area contributed by atoms with E-state index in [0.717, 1.165) is 11.1 Å². The lowest BCUT2D eigenvalue weighted by Gasteiger charge is -2.43. The first-order chi connectivity index (χ1) is 19.6. The number of aromatic hydroxyl groups is 1. The van der Waals surface area contributed by atoms with Crippen LogP contribution in [0.3, 0.4) is 0 Å². The molecule has 0 aliphatic rings. The van der Waals surface area contributed by atoms with Crippen molar-refractivity contribution in [1.82, 2.24) is 10.2 Å². The molecule has 0 spiro atoms. The number of carbonyl (C=O) groups excluding carboxylic acids is 3. The van der Waals surface area contributed by atoms with Gasteiger partial charge < -0.3 is 25.4 Å². The number of phenolic OH excluding ortho intramolecular Hbond substituents is 1. The Morgan fingerprint density at radius 1 is 0.905 bits per heavy atom. The normalized spacial score (nSPS) is 13.0. The van der Waals surface area contributed by atoms with Gasteiger partial charge in [0.15, 0.2) is 0 Å². The second-order valence-corrected chi connectivity index (χ2v) is 12.6. The van der Waals surface area contributed by atoms with E-state index in [2.05, 4.69) is 10.6 Å². The number of halogens is 1. The van der Waals surface area contributed by atoms with E-state index in [4.69, 9.17) is 16.3 Å². The smallest absolute Gasteiger partial charge is 0.408 e. The summed E-state index contributed by atoms with van der Waals surface area (Å²) in [5.41, 5.74) is 0.795. The van der Waals surface area contributed by atoms with Gasteiger partial charge in [0.1, 0.15) is 23.4 Å². The number of nitrogens with zero attached hydrogens (tertiary/aromatic N) is 1. The Morgan fingerprint density at radius 3 is 2.07 bits per heavy atom. The van der Waals surface area contributed by atoms with Gasteiger partial charge in [-0.25, -0.2) is 4.79 Å². The van der Waals surface area contributed by atoms with Gasteiger partial charge in [0.2, 0.25) is 5.91 Å². The molecule has 3 amide bonds. The Morgan fingerprint density at radius 2 is 1.52 bits per heavy atom. The van der Waals surface area contributed by atoms with Gasteiger partial charge in [-0.2, -0.15) is 0 Å². The number of hydrogen-bond acceptors (Lipinski definition) is 5. The van der Waals surface area contributed by atoms with Gasteiger partial charge in [0, 0.05) is 12.0 Å². The zero-order valence-electron chi connectivity index (χ0n) is 25.2. The largest absolute Gasteiger partial charge is 0.508 e. The summed E-state index contributed by atoms with van der Waals surface area (Å²) < 4.78 is 5.49. The van der Waals surface area contributed by atoms with Crippen molar-refractivity contribution in [3.05, 3.63) is 94.5 Å². The SMILES string of the molecule is Cc1cccc(Cl)c1NC(=O)C(c1ccc(O)cc1)N(C(=O)C(Cc1ccccc1)NC(=O)OC(C)(C)C)C(C)(C)C. The number of nitrogens with one attached hydrogen (secondary N) is 2. The van der Waals surface area contributed by atoms with Gasteiger partial charge in [-0.15, -0.1) is 0 Å². The number of hydrogen-bond donors (Lipinski definition) is 3. The van der Waals surface area contributed by atoms with Crippen LogP contribution in [0.2, 0.25) is 5.02 Å². The predicted octanol–water partition coefficient (Wildman–Crippen LogP) is 6.80. The first-order valence-corrected chi connectivity index (χ1v) is 14.2. The molecule has 0 aromatic heterocycles. The number of anilines is 1. The Kier molecular flexibility index (Phi) is 10.3. The van der Waals surface area contributed by atoms with Gasteiger partial charge >= 0.3 is 6.09 Å². The quantitative estimate of drug-likeness (QED) is 0.266. The van der Waals surface area contributed by atoms with E-state index in [0.29, 0.717) is 16.3 Å². The van der Waals surface area contributed by atoms with Crippen LogP contribution in [-0.2, 0) is 20.7 Å². The maximum atomic E-state index is 14.6. The number of benzene rings is 3. The van der Waals surface area contributed by atoms with Gasteiger partial charge in [0.05, 0.1) is 10.7 Å². The molecule has 0 saturated heterocycles. The summed E-state index contributed by atoms with van der Waals surface area (Å²) in [6.45, 7) is 12.5. The van der Waals surface area contributed by atoms with Crippen molar-refractivity contribution in [2.45, 2.75) is 78.1 Å². The van der Waals surface area contributed by atoms with Crippen molar-refractivity contribution in [2.24, 2.45) is 0 Å². The van der Waals surface area contributed by atoms with E-state index in [1.54, 1.807) is 45.0 Å². The van der Waals surface area contributed by atoms with E-state index in [-0.39, 0.29) is 12.2 Å². The van der Waals surface area contributed by atoms with E-state index >= 15 is 0 Å². The van der Waals surface area contributed by atoms with Crippen LogP contribution in [0.25, 0.3) is 0 Å². The molecule has 0 saturated carbocycles. The number of carbonyl (C=O) groups is 3. The van der Waals surface area contributed by atoms with Gasteiger partial charge in [0.25, 0.3) is 5.91 Å². The molecule has 3 aromatic carbocycles. The molecule has 2 atom stereocenters. The van der Waals surface area contributed by atoms with Crippen LogP contribution in [0.15, 0.2) is 72.8 Å². The van der Waals surface area contributed by atoms with Crippen molar-refractivity contribution in [3.63, 3.8) is 0 Å². The van der Waals surface area contributed by atoms with Crippen molar-refractivity contribution < 1.29 is 24.2 Å². The monoisotopic (exact) mass is 593 g/mol. The molecule has 0 aliphatic heterocycles. The first-order valence-electron chi connectivity index (χ1n) is 13.8. The van der Waals surface area contributed by atoms with Gasteiger partial charge in [-0.3, -0.25) is 9.59 Å². The van der Waals surface area contributed by atoms with Crippen LogP contribution in [-0.4, -0.2) is 45.1 Å². The average molecular weight is 594 g/mol. The highest BCUT2D eigenvalue weighted by Gasteiger charge is 2.42. The Labute approximate surface area is 253 Å². The Bertz CT molecular complexity index is 1380. The molecule has 0 heterocycles. The zero-order valence-corrected chi connectivity index (χ0v) is 26.0. The predicted molar refractivity (Wildman–Crippen MR) is 166 cm³/mol. The molecular formula is C33H40ClN3O5. The van der Waals surface area contributed by atoms with Crippen LogP contribution in [0.4, 0.5) is 10.5 Å². The number of aryl methyl sites for hydroxylation is 1. The first kappa shape index (κ1) is 32.5. The Hall–Kier alpha value is -4.04. The highest BCUT2D eigenvalue weighted by Crippen LogP contribution is 2.34. The molecule has 0 fully saturated rings. The third kappa shape index (κ3) is 8.73. The number of amides is 3. The van der Waals surface area contributed by atoms with Crippen molar-refractivity contribution >= 4 is 35.2 Å². The molecule has 3 rings (SSSR count). The third-order valence-corrected chi connectivity index (χ3v) is 6.73. The van der Waals surface area contributed by atoms with Crippen LogP contribution < -0.4 is 10.6 Å². The molecule has 0 radical (unpaired) electrons. The number of para-hydroxylation sites is 1. The topological polar surface area (TPSA) is 108 Å². The number of alkyl carbamates (subject to hydrolysis) is 1. The molecule has 8 nitrogen and oxygen atoms in total. The summed E-state index contributed by atoms with van der Waals surface area (Å²) in [5, 5.41) is 16.0. The highest BCUT2D eigenvalue weighted by atomic mass is 35.5. The molecular weight excluding hydrogens is 554 g/mol. The minimum Gasteiger partial charge on any atom is -0.508 e.